The van der Waals surface area contributed by atoms with Crippen LogP contribution in [0.4, 0.5) is 0 Å². The summed E-state index contributed by atoms with van der Waals surface area (Å²) < 4.78 is 23.3. The van der Waals surface area contributed by atoms with Gasteiger partial charge in [-0.15, -0.1) is 0 Å². The van der Waals surface area contributed by atoms with Gasteiger partial charge in [0.2, 0.25) is 0 Å². The highest BCUT2D eigenvalue weighted by Gasteiger charge is 2.31. The van der Waals surface area contributed by atoms with Gasteiger partial charge in [-0.2, -0.15) is 0 Å². The van der Waals surface area contributed by atoms with E-state index in [1.54, 1.807) is 0 Å². The fourth-order valence-corrected chi connectivity index (χ4v) is 5.87. The number of aryl methyl sites for hydroxylation is 2. The van der Waals surface area contributed by atoms with Crippen LogP contribution in [0.1, 0.15) is 63.8 Å². The molecule has 2 aliphatic heterocycles. The van der Waals surface area contributed by atoms with Crippen molar-refractivity contribution in [3.8, 4) is 11.5 Å². The van der Waals surface area contributed by atoms with Crippen molar-refractivity contribution in [2.75, 3.05) is 26.4 Å². The summed E-state index contributed by atoms with van der Waals surface area (Å²) in [5, 5.41) is 0. The van der Waals surface area contributed by atoms with Gasteiger partial charge in [-0.05, 0) is 60.1 Å². The van der Waals surface area contributed by atoms with Gasteiger partial charge in [-0.1, -0.05) is 53.3 Å². The van der Waals surface area contributed by atoms with Crippen molar-refractivity contribution in [1.29, 1.82) is 0 Å². The maximum absolute atomic E-state index is 6.29. The number of benzene rings is 2. The largest absolute Gasteiger partial charge is 0.490 e. The maximum atomic E-state index is 6.29. The highest BCUT2D eigenvalue weighted by atomic mass is 32.2. The first kappa shape index (κ1) is 24.4. The quantitative estimate of drug-likeness (QED) is 0.406. The number of hydrogen-bond donors (Lipinski definition) is 0. The zero-order valence-corrected chi connectivity index (χ0v) is 22.2. The molecule has 0 spiro atoms. The predicted octanol–water partition coefficient (Wildman–Crippen LogP) is 6.60. The van der Waals surface area contributed by atoms with Gasteiger partial charge in [0.25, 0.3) is 0 Å². The molecular weight excluding hydrogens is 432 g/mol. The van der Waals surface area contributed by atoms with Crippen LogP contribution in [-0.2, 0) is 20.3 Å². The Labute approximate surface area is 203 Å². The number of rotatable bonds is 8. The third-order valence-electron chi connectivity index (χ3n) is 5.79. The summed E-state index contributed by atoms with van der Waals surface area (Å²) in [6.45, 7) is 20.6. The molecule has 0 saturated carbocycles. The van der Waals surface area contributed by atoms with Crippen LogP contribution >= 0.6 is 11.8 Å². The Bertz CT molecular complexity index is 927. The van der Waals surface area contributed by atoms with Gasteiger partial charge < -0.3 is 18.9 Å². The van der Waals surface area contributed by atoms with Crippen molar-refractivity contribution in [1.82, 2.24) is 0 Å². The fraction of sp³-hybridized carbons (Fsp3) is 0.571. The van der Waals surface area contributed by atoms with Crippen molar-refractivity contribution in [2.24, 2.45) is 0 Å². The molecule has 2 aromatic carbocycles. The van der Waals surface area contributed by atoms with E-state index in [0.29, 0.717) is 13.2 Å². The van der Waals surface area contributed by atoms with Crippen LogP contribution < -0.4 is 9.47 Å². The lowest BCUT2D eigenvalue weighted by Crippen LogP contribution is -2.18. The first-order valence-electron chi connectivity index (χ1n) is 11.9. The average molecular weight is 471 g/mol. The monoisotopic (exact) mass is 470 g/mol. The van der Waals surface area contributed by atoms with E-state index in [-0.39, 0.29) is 23.0 Å². The van der Waals surface area contributed by atoms with Gasteiger partial charge in [0.05, 0.1) is 13.2 Å². The van der Waals surface area contributed by atoms with Crippen LogP contribution in [0.25, 0.3) is 0 Å². The molecule has 0 N–H and O–H groups in total. The zero-order valence-electron chi connectivity index (χ0n) is 21.3. The Kier molecular flexibility index (Phi) is 6.78. The summed E-state index contributed by atoms with van der Waals surface area (Å²) in [5.74, 6) is 1.93. The molecule has 2 aliphatic rings. The van der Waals surface area contributed by atoms with E-state index in [1.165, 1.54) is 32.0 Å². The second-order valence-corrected chi connectivity index (χ2v) is 12.5. The van der Waals surface area contributed by atoms with Crippen LogP contribution in [0.3, 0.4) is 0 Å². The minimum Gasteiger partial charge on any atom is -0.490 e. The third-order valence-corrected chi connectivity index (χ3v) is 6.88. The number of hydrogen-bond acceptors (Lipinski definition) is 5. The van der Waals surface area contributed by atoms with Gasteiger partial charge in [0.15, 0.2) is 0 Å². The normalized spacial score (nSPS) is 20.0. The SMILES string of the molecule is Cc1cc(OCC2CO2)c(C(C)(C)C)c(Sc2cc(C)cc(OCC3CO3)c2C(C)(C)C)c1. The van der Waals surface area contributed by atoms with E-state index >= 15 is 0 Å². The molecule has 33 heavy (non-hydrogen) atoms. The number of epoxide rings is 2. The molecule has 0 aliphatic carbocycles. The predicted molar refractivity (Wildman–Crippen MR) is 134 cm³/mol. The highest BCUT2D eigenvalue weighted by Crippen LogP contribution is 2.47. The van der Waals surface area contributed by atoms with Crippen LogP contribution in [0.5, 0.6) is 11.5 Å². The first-order chi connectivity index (χ1) is 15.4. The molecule has 2 fully saturated rings. The van der Waals surface area contributed by atoms with E-state index in [2.05, 4.69) is 79.7 Å². The van der Waals surface area contributed by atoms with Gasteiger partial charge in [-0.3, -0.25) is 0 Å². The van der Waals surface area contributed by atoms with Crippen LogP contribution in [0, 0.1) is 13.8 Å². The molecule has 0 aromatic heterocycles. The van der Waals surface area contributed by atoms with Crippen LogP contribution in [-0.4, -0.2) is 38.6 Å². The smallest absolute Gasteiger partial charge is 0.124 e. The number of ether oxygens (including phenoxy) is 4. The molecule has 0 amide bonds. The molecule has 4 rings (SSSR count). The molecule has 4 nitrogen and oxygen atoms in total. The van der Waals surface area contributed by atoms with Gasteiger partial charge in [0.1, 0.15) is 36.9 Å². The molecule has 2 aromatic rings. The summed E-state index contributed by atoms with van der Waals surface area (Å²) in [6, 6.07) is 8.91. The Morgan fingerprint density at radius 3 is 1.39 bits per heavy atom. The van der Waals surface area contributed by atoms with Crippen molar-refractivity contribution in [3.05, 3.63) is 46.5 Å². The lowest BCUT2D eigenvalue weighted by atomic mass is 9.85. The van der Waals surface area contributed by atoms with E-state index in [0.717, 1.165) is 24.7 Å². The maximum Gasteiger partial charge on any atom is 0.124 e. The lowest BCUT2D eigenvalue weighted by Gasteiger charge is -2.29. The minimum atomic E-state index is -0.0653. The van der Waals surface area contributed by atoms with E-state index in [9.17, 15) is 0 Å². The summed E-state index contributed by atoms with van der Waals surface area (Å²) in [6.07, 6.45) is 0.461. The molecule has 0 radical (unpaired) electrons. The van der Waals surface area contributed by atoms with Gasteiger partial charge in [0, 0.05) is 20.9 Å². The van der Waals surface area contributed by atoms with Crippen molar-refractivity contribution >= 4 is 11.8 Å². The molecule has 5 heteroatoms. The van der Waals surface area contributed by atoms with Gasteiger partial charge >= 0.3 is 0 Å². The van der Waals surface area contributed by atoms with Crippen LogP contribution in [0.2, 0.25) is 0 Å². The van der Waals surface area contributed by atoms with Crippen molar-refractivity contribution in [3.63, 3.8) is 0 Å². The summed E-state index contributed by atoms with van der Waals surface area (Å²) in [5.41, 5.74) is 4.76. The first-order valence-corrected chi connectivity index (χ1v) is 12.7. The zero-order chi connectivity index (χ0) is 24.0. The Morgan fingerprint density at radius 1 is 0.727 bits per heavy atom. The fourth-order valence-electron chi connectivity index (χ4n) is 4.12. The average Bonchev–Trinajstić information content (AvgIpc) is 3.57. The molecule has 2 unspecified atom stereocenters. The summed E-state index contributed by atoms with van der Waals surface area (Å²) in [7, 11) is 0. The Morgan fingerprint density at radius 2 is 1.09 bits per heavy atom. The van der Waals surface area contributed by atoms with E-state index < -0.39 is 0 Å². The second-order valence-electron chi connectivity index (χ2n) is 11.4. The van der Waals surface area contributed by atoms with Crippen molar-refractivity contribution in [2.45, 2.75) is 88.2 Å². The molecule has 0 bridgehead atoms. The molecule has 2 saturated heterocycles. The standard InChI is InChI=1S/C28H38O4S/c1-17-9-21(31-15-19-13-29-19)25(27(3,4)5)23(11-17)33-24-12-18(2)10-22(26(24)28(6,7)8)32-16-20-14-30-20/h9-12,19-20H,13-16H2,1-8H3. The molecule has 2 heterocycles. The topological polar surface area (TPSA) is 43.5 Å². The molecular formula is C28H38O4S. The van der Waals surface area contributed by atoms with Gasteiger partial charge in [-0.25, -0.2) is 0 Å². The second kappa shape index (κ2) is 9.16. The summed E-state index contributed by atoms with van der Waals surface area (Å²) in [4.78, 5) is 2.48. The van der Waals surface area contributed by atoms with Crippen LogP contribution in [0.15, 0.2) is 34.1 Å². The molecule has 2 atom stereocenters. The summed E-state index contributed by atoms with van der Waals surface area (Å²) >= 11 is 1.83. The highest BCUT2D eigenvalue weighted by molar-refractivity contribution is 7.99. The molecule has 180 valence electrons. The Balaban J connectivity index is 1.77. The minimum absolute atomic E-state index is 0.0653. The van der Waals surface area contributed by atoms with E-state index in [4.69, 9.17) is 18.9 Å². The van der Waals surface area contributed by atoms with Crippen molar-refractivity contribution < 1.29 is 18.9 Å². The third kappa shape index (κ3) is 6.26. The Hall–Kier alpha value is -1.69. The lowest BCUT2D eigenvalue weighted by molar-refractivity contribution is 0.257. The van der Waals surface area contributed by atoms with E-state index in [1.807, 2.05) is 11.8 Å².